The van der Waals surface area contributed by atoms with Gasteiger partial charge in [0.2, 0.25) is 5.82 Å². The SMILES string of the molecule is Cn1cc(/C=C/c2nc(-c3ccc(Cl)cc3)no2)cn1. The minimum absolute atomic E-state index is 0.443. The molecule has 0 bridgehead atoms. The summed E-state index contributed by atoms with van der Waals surface area (Å²) in [6, 6.07) is 7.28. The number of benzene rings is 1. The maximum atomic E-state index is 5.84. The Morgan fingerprint density at radius 2 is 2.00 bits per heavy atom. The first-order valence-corrected chi connectivity index (χ1v) is 6.35. The maximum absolute atomic E-state index is 5.84. The molecule has 0 N–H and O–H groups in total. The van der Waals surface area contributed by atoms with E-state index in [4.69, 9.17) is 16.1 Å². The summed E-state index contributed by atoms with van der Waals surface area (Å²) in [5, 5.41) is 8.68. The number of hydrogen-bond donors (Lipinski definition) is 0. The second-order valence-electron chi connectivity index (χ2n) is 4.24. The van der Waals surface area contributed by atoms with E-state index < -0.39 is 0 Å². The molecule has 0 radical (unpaired) electrons. The second-order valence-corrected chi connectivity index (χ2v) is 4.68. The summed E-state index contributed by atoms with van der Waals surface area (Å²) in [6.07, 6.45) is 7.27. The maximum Gasteiger partial charge on any atom is 0.250 e. The fourth-order valence-electron chi connectivity index (χ4n) is 1.71. The summed E-state index contributed by atoms with van der Waals surface area (Å²) in [6.45, 7) is 0. The van der Waals surface area contributed by atoms with Gasteiger partial charge in [0.15, 0.2) is 0 Å². The molecular weight excluding hydrogens is 276 g/mol. The zero-order valence-electron chi connectivity index (χ0n) is 10.7. The van der Waals surface area contributed by atoms with E-state index in [1.165, 1.54) is 0 Å². The highest BCUT2D eigenvalue weighted by Gasteiger charge is 2.06. The summed E-state index contributed by atoms with van der Waals surface area (Å²) in [5.74, 6) is 0.978. The normalized spacial score (nSPS) is 11.3. The average Bonchev–Trinajstić information content (AvgIpc) is 3.06. The molecule has 0 amide bonds. The van der Waals surface area contributed by atoms with E-state index in [1.54, 1.807) is 29.1 Å². The highest BCUT2D eigenvalue weighted by atomic mass is 35.5. The van der Waals surface area contributed by atoms with Gasteiger partial charge in [0.1, 0.15) is 0 Å². The summed E-state index contributed by atoms with van der Waals surface area (Å²) >= 11 is 5.84. The molecule has 0 fully saturated rings. The van der Waals surface area contributed by atoms with Crippen molar-refractivity contribution in [3.05, 3.63) is 53.1 Å². The van der Waals surface area contributed by atoms with Crippen LogP contribution >= 0.6 is 11.6 Å². The van der Waals surface area contributed by atoms with Crippen molar-refractivity contribution in [2.45, 2.75) is 0 Å². The number of aryl methyl sites for hydroxylation is 1. The van der Waals surface area contributed by atoms with E-state index in [9.17, 15) is 0 Å². The number of rotatable bonds is 3. The Labute approximate surface area is 120 Å². The van der Waals surface area contributed by atoms with Crippen LogP contribution in [0, 0.1) is 0 Å². The number of nitrogens with zero attached hydrogens (tertiary/aromatic N) is 4. The van der Waals surface area contributed by atoms with Crippen LogP contribution in [-0.2, 0) is 7.05 Å². The van der Waals surface area contributed by atoms with Crippen LogP contribution in [0.2, 0.25) is 5.02 Å². The third kappa shape index (κ3) is 2.78. The molecule has 0 unspecified atom stereocenters. The van der Waals surface area contributed by atoms with E-state index in [0.29, 0.717) is 16.7 Å². The number of halogens is 1. The van der Waals surface area contributed by atoms with E-state index in [-0.39, 0.29) is 0 Å². The third-order valence-corrected chi connectivity index (χ3v) is 2.94. The van der Waals surface area contributed by atoms with Crippen LogP contribution in [0.1, 0.15) is 11.5 Å². The minimum Gasteiger partial charge on any atom is -0.334 e. The van der Waals surface area contributed by atoms with Crippen molar-refractivity contribution in [3.8, 4) is 11.4 Å². The smallest absolute Gasteiger partial charge is 0.250 e. The van der Waals surface area contributed by atoms with Crippen LogP contribution in [0.25, 0.3) is 23.5 Å². The molecule has 0 saturated carbocycles. The van der Waals surface area contributed by atoms with Crippen molar-refractivity contribution >= 4 is 23.8 Å². The molecule has 100 valence electrons. The van der Waals surface area contributed by atoms with Crippen molar-refractivity contribution < 1.29 is 4.52 Å². The Morgan fingerprint density at radius 1 is 1.20 bits per heavy atom. The van der Waals surface area contributed by atoms with Gasteiger partial charge in [0.25, 0.3) is 5.89 Å². The Morgan fingerprint density at radius 3 is 2.70 bits per heavy atom. The van der Waals surface area contributed by atoms with Gasteiger partial charge >= 0.3 is 0 Å². The monoisotopic (exact) mass is 286 g/mol. The first-order chi connectivity index (χ1) is 9.70. The van der Waals surface area contributed by atoms with Gasteiger partial charge in [-0.25, -0.2) is 0 Å². The van der Waals surface area contributed by atoms with Crippen LogP contribution in [0.15, 0.2) is 41.2 Å². The van der Waals surface area contributed by atoms with E-state index in [2.05, 4.69) is 15.2 Å². The van der Waals surface area contributed by atoms with E-state index >= 15 is 0 Å². The molecule has 2 aromatic heterocycles. The molecule has 20 heavy (non-hydrogen) atoms. The van der Waals surface area contributed by atoms with Gasteiger partial charge in [0, 0.05) is 35.5 Å². The standard InChI is InChI=1S/C14H11ClN4O/c1-19-9-10(8-16-19)2-7-13-17-14(18-20-13)11-3-5-12(15)6-4-11/h2-9H,1H3/b7-2+. The Bertz CT molecular complexity index is 743. The van der Waals surface area contributed by atoms with Crippen LogP contribution in [0.4, 0.5) is 0 Å². The summed E-state index contributed by atoms with van der Waals surface area (Å²) in [5.41, 5.74) is 1.83. The molecule has 5 nitrogen and oxygen atoms in total. The van der Waals surface area contributed by atoms with Crippen molar-refractivity contribution in [2.75, 3.05) is 0 Å². The molecule has 2 heterocycles. The molecule has 0 saturated heterocycles. The molecule has 6 heteroatoms. The van der Waals surface area contributed by atoms with Crippen LogP contribution in [-0.4, -0.2) is 19.9 Å². The lowest BCUT2D eigenvalue weighted by Crippen LogP contribution is -1.83. The van der Waals surface area contributed by atoms with Crippen molar-refractivity contribution in [2.24, 2.45) is 7.05 Å². The summed E-state index contributed by atoms with van der Waals surface area (Å²) < 4.78 is 6.90. The van der Waals surface area contributed by atoms with Gasteiger partial charge in [-0.3, -0.25) is 4.68 Å². The Balaban J connectivity index is 1.80. The highest BCUT2D eigenvalue weighted by molar-refractivity contribution is 6.30. The largest absolute Gasteiger partial charge is 0.334 e. The van der Waals surface area contributed by atoms with Gasteiger partial charge < -0.3 is 4.52 Å². The molecule has 3 rings (SSSR count). The van der Waals surface area contributed by atoms with Gasteiger partial charge in [-0.05, 0) is 30.3 Å². The predicted octanol–water partition coefficient (Wildman–Crippen LogP) is 3.29. The van der Waals surface area contributed by atoms with Crippen molar-refractivity contribution in [1.29, 1.82) is 0 Å². The molecule has 0 spiro atoms. The highest BCUT2D eigenvalue weighted by Crippen LogP contribution is 2.19. The Kier molecular flexibility index (Phi) is 3.35. The summed E-state index contributed by atoms with van der Waals surface area (Å²) in [7, 11) is 1.86. The second kappa shape index (κ2) is 5.30. The lowest BCUT2D eigenvalue weighted by molar-refractivity contribution is 0.411. The molecular formula is C14H11ClN4O. The van der Waals surface area contributed by atoms with E-state index in [1.807, 2.05) is 31.5 Å². The molecule has 0 aliphatic heterocycles. The molecule has 1 aromatic carbocycles. The Hall–Kier alpha value is -2.40. The lowest BCUT2D eigenvalue weighted by atomic mass is 10.2. The molecule has 0 atom stereocenters. The van der Waals surface area contributed by atoms with Gasteiger partial charge in [-0.2, -0.15) is 10.1 Å². The topological polar surface area (TPSA) is 56.7 Å². The first-order valence-electron chi connectivity index (χ1n) is 5.97. The van der Waals surface area contributed by atoms with Crippen LogP contribution < -0.4 is 0 Å². The fraction of sp³-hybridized carbons (Fsp3) is 0.0714. The lowest BCUT2D eigenvalue weighted by Gasteiger charge is -1.92. The first kappa shape index (κ1) is 12.6. The van der Waals surface area contributed by atoms with Crippen molar-refractivity contribution in [1.82, 2.24) is 19.9 Å². The molecule has 0 aliphatic rings. The van der Waals surface area contributed by atoms with Crippen LogP contribution in [0.5, 0.6) is 0 Å². The number of aromatic nitrogens is 4. The summed E-state index contributed by atoms with van der Waals surface area (Å²) in [4.78, 5) is 4.30. The van der Waals surface area contributed by atoms with Gasteiger partial charge in [-0.15, -0.1) is 0 Å². The van der Waals surface area contributed by atoms with Gasteiger partial charge in [-0.1, -0.05) is 16.8 Å². The predicted molar refractivity (Wildman–Crippen MR) is 76.9 cm³/mol. The van der Waals surface area contributed by atoms with Crippen molar-refractivity contribution in [3.63, 3.8) is 0 Å². The zero-order valence-corrected chi connectivity index (χ0v) is 11.4. The van der Waals surface area contributed by atoms with Gasteiger partial charge in [0.05, 0.1) is 6.20 Å². The third-order valence-electron chi connectivity index (χ3n) is 2.69. The molecule has 0 aliphatic carbocycles. The minimum atomic E-state index is 0.443. The average molecular weight is 287 g/mol. The van der Waals surface area contributed by atoms with E-state index in [0.717, 1.165) is 11.1 Å². The quantitative estimate of drug-likeness (QED) is 0.741. The number of hydrogen-bond acceptors (Lipinski definition) is 4. The zero-order chi connectivity index (χ0) is 13.9. The fourth-order valence-corrected chi connectivity index (χ4v) is 1.84. The van der Waals surface area contributed by atoms with Crippen LogP contribution in [0.3, 0.4) is 0 Å². The molecule has 3 aromatic rings.